The second kappa shape index (κ2) is 8.07. The maximum Gasteiger partial charge on any atom is 0.264 e. The van der Waals surface area contributed by atoms with Gasteiger partial charge in [0, 0.05) is 18.9 Å². The third kappa shape index (κ3) is 7.25. The van der Waals surface area contributed by atoms with E-state index in [2.05, 4.69) is 10.5 Å². The fourth-order valence-electron chi connectivity index (χ4n) is 2.04. The van der Waals surface area contributed by atoms with Crippen molar-refractivity contribution in [3.63, 3.8) is 0 Å². The minimum absolute atomic E-state index is 0.0340. The van der Waals surface area contributed by atoms with Crippen molar-refractivity contribution in [2.45, 2.75) is 32.7 Å². The molecule has 1 rings (SSSR count). The molecule has 1 aromatic carbocycles. The molecule has 0 fully saturated rings. The molecule has 0 aromatic heterocycles. The number of oxime groups is 1. The van der Waals surface area contributed by atoms with Gasteiger partial charge < -0.3 is 10.2 Å². The van der Waals surface area contributed by atoms with Crippen LogP contribution in [-0.2, 0) is 19.8 Å². The second-order valence-corrected chi connectivity index (χ2v) is 7.16. The van der Waals surface area contributed by atoms with Crippen LogP contribution in [0, 0.1) is 0 Å². The average Bonchev–Trinajstić information content (AvgIpc) is 2.40. The summed E-state index contributed by atoms with van der Waals surface area (Å²) in [6.07, 6.45) is 0.116. The summed E-state index contributed by atoms with van der Waals surface area (Å²) < 4.78 is 30.0. The Balaban J connectivity index is 2.88. The van der Waals surface area contributed by atoms with Gasteiger partial charge >= 0.3 is 0 Å². The molecule has 0 heterocycles. The lowest BCUT2D eigenvalue weighted by molar-refractivity contribution is -0.119. The van der Waals surface area contributed by atoms with Gasteiger partial charge in [-0.15, -0.1) is 0 Å². The smallest absolute Gasteiger partial charge is 0.264 e. The second-order valence-electron chi connectivity index (χ2n) is 5.58. The number of hydrogen-bond donors (Lipinski definition) is 2. The number of benzene rings is 1. The minimum Gasteiger partial charge on any atom is -0.395 e. The first-order valence-corrected chi connectivity index (χ1v) is 8.72. The first-order valence-electron chi connectivity index (χ1n) is 7.11. The number of nitrogens with zero attached hydrogens (tertiary/aromatic N) is 1. The maximum absolute atomic E-state index is 11.4. The van der Waals surface area contributed by atoms with Crippen LogP contribution in [0.4, 0.5) is 0 Å². The van der Waals surface area contributed by atoms with Crippen LogP contribution in [0.5, 0.6) is 0 Å². The fourth-order valence-corrected chi connectivity index (χ4v) is 2.52. The normalized spacial score (nSPS) is 12.8. The lowest BCUT2D eigenvalue weighted by Gasteiger charge is -2.27. The van der Waals surface area contributed by atoms with Gasteiger partial charge in [0.05, 0.1) is 11.3 Å². The van der Waals surface area contributed by atoms with Crippen molar-refractivity contribution >= 4 is 21.7 Å². The highest BCUT2D eigenvalue weighted by Gasteiger charge is 2.28. The summed E-state index contributed by atoms with van der Waals surface area (Å²) in [5.74, 6) is -0.594. The minimum atomic E-state index is -4.01. The predicted molar refractivity (Wildman–Crippen MR) is 87.9 cm³/mol. The van der Waals surface area contributed by atoms with Crippen molar-refractivity contribution in [3.8, 4) is 0 Å². The standard InChI is InChI=1S/C15H22N2O5S/c1-12(18)16-15(2,3)14(13-8-5-4-6-9-13)17-22-10-7-11-23(19,20)21/h4-6,8-9H,7,10-11H2,1-3H3,(H,16,18)(H,19,20,21). The molecule has 7 nitrogen and oxygen atoms in total. The van der Waals surface area contributed by atoms with Crippen molar-refractivity contribution in [3.05, 3.63) is 35.9 Å². The topological polar surface area (TPSA) is 105 Å². The van der Waals surface area contributed by atoms with Gasteiger partial charge in [-0.1, -0.05) is 35.5 Å². The molecule has 0 saturated heterocycles. The Morgan fingerprint density at radius 2 is 1.91 bits per heavy atom. The van der Waals surface area contributed by atoms with E-state index in [1.165, 1.54) is 6.92 Å². The number of nitrogens with one attached hydrogen (secondary N) is 1. The Morgan fingerprint density at radius 3 is 2.43 bits per heavy atom. The van der Waals surface area contributed by atoms with Gasteiger partial charge in [-0.3, -0.25) is 9.35 Å². The third-order valence-electron chi connectivity index (χ3n) is 2.92. The summed E-state index contributed by atoms with van der Waals surface area (Å²) in [6.45, 7) is 5.03. The van der Waals surface area contributed by atoms with E-state index in [0.717, 1.165) is 5.56 Å². The van der Waals surface area contributed by atoms with Crippen LogP contribution < -0.4 is 5.32 Å². The van der Waals surface area contributed by atoms with Gasteiger partial charge in [0.2, 0.25) is 5.91 Å². The maximum atomic E-state index is 11.4. The molecule has 1 amide bonds. The molecule has 0 saturated carbocycles. The Morgan fingerprint density at radius 1 is 1.30 bits per heavy atom. The summed E-state index contributed by atoms with van der Waals surface area (Å²) in [7, 11) is -4.01. The molecule has 0 spiro atoms. The van der Waals surface area contributed by atoms with E-state index < -0.39 is 21.4 Å². The summed E-state index contributed by atoms with van der Waals surface area (Å²) in [5, 5.41) is 6.86. The van der Waals surface area contributed by atoms with E-state index in [4.69, 9.17) is 9.39 Å². The predicted octanol–water partition coefficient (Wildman–Crippen LogP) is 1.60. The van der Waals surface area contributed by atoms with E-state index in [1.54, 1.807) is 13.8 Å². The van der Waals surface area contributed by atoms with E-state index in [0.29, 0.717) is 5.71 Å². The molecule has 0 bridgehead atoms. The van der Waals surface area contributed by atoms with Crippen molar-refractivity contribution < 1.29 is 22.6 Å². The van der Waals surface area contributed by atoms with Crippen molar-refractivity contribution in [1.82, 2.24) is 5.32 Å². The van der Waals surface area contributed by atoms with Gasteiger partial charge in [0.25, 0.3) is 10.1 Å². The summed E-state index contributed by atoms with van der Waals surface area (Å²) in [5.41, 5.74) is 0.525. The summed E-state index contributed by atoms with van der Waals surface area (Å²) in [4.78, 5) is 16.6. The molecular weight excluding hydrogens is 320 g/mol. The molecular formula is C15H22N2O5S. The Kier molecular flexibility index (Phi) is 6.71. The largest absolute Gasteiger partial charge is 0.395 e. The Labute approximate surface area is 136 Å². The van der Waals surface area contributed by atoms with Crippen LogP contribution >= 0.6 is 0 Å². The van der Waals surface area contributed by atoms with Crippen molar-refractivity contribution in [1.29, 1.82) is 0 Å². The lowest BCUT2D eigenvalue weighted by atomic mass is 9.92. The number of rotatable bonds is 8. The van der Waals surface area contributed by atoms with Crippen LogP contribution in [-0.4, -0.2) is 42.5 Å². The van der Waals surface area contributed by atoms with Crippen molar-refractivity contribution in [2.24, 2.45) is 5.16 Å². The molecule has 1 aromatic rings. The van der Waals surface area contributed by atoms with E-state index in [-0.39, 0.29) is 18.9 Å². The first kappa shape index (κ1) is 19.1. The highest BCUT2D eigenvalue weighted by atomic mass is 32.2. The quantitative estimate of drug-likeness (QED) is 0.323. The monoisotopic (exact) mass is 342 g/mol. The average molecular weight is 342 g/mol. The molecule has 2 N–H and O–H groups in total. The van der Waals surface area contributed by atoms with Gasteiger partial charge in [0.15, 0.2) is 0 Å². The lowest BCUT2D eigenvalue weighted by Crippen LogP contribution is -2.49. The number of hydrogen-bond acceptors (Lipinski definition) is 5. The van der Waals surface area contributed by atoms with Crippen LogP contribution in [0.2, 0.25) is 0 Å². The zero-order valence-electron chi connectivity index (χ0n) is 13.4. The van der Waals surface area contributed by atoms with Gasteiger partial charge in [-0.2, -0.15) is 8.42 Å². The molecule has 0 radical (unpaired) electrons. The molecule has 0 unspecified atom stereocenters. The number of amides is 1. The zero-order chi connectivity index (χ0) is 17.5. The Bertz CT molecular complexity index is 654. The SMILES string of the molecule is CC(=O)NC(C)(C)C(=NOCCCS(=O)(=O)O)c1ccccc1. The van der Waals surface area contributed by atoms with E-state index in [9.17, 15) is 13.2 Å². The van der Waals surface area contributed by atoms with Crippen LogP contribution in [0.15, 0.2) is 35.5 Å². The van der Waals surface area contributed by atoms with Gasteiger partial charge in [-0.25, -0.2) is 0 Å². The van der Waals surface area contributed by atoms with Crippen LogP contribution in [0.1, 0.15) is 32.8 Å². The summed E-state index contributed by atoms with van der Waals surface area (Å²) >= 11 is 0. The number of carbonyl (C=O) groups excluding carboxylic acids is 1. The fraction of sp³-hybridized carbons (Fsp3) is 0.467. The van der Waals surface area contributed by atoms with Gasteiger partial charge in [-0.05, 0) is 13.8 Å². The first-order chi connectivity index (χ1) is 10.6. The molecule has 8 heteroatoms. The molecule has 128 valence electrons. The van der Waals surface area contributed by atoms with Crippen molar-refractivity contribution in [2.75, 3.05) is 12.4 Å². The zero-order valence-corrected chi connectivity index (χ0v) is 14.3. The van der Waals surface area contributed by atoms with Gasteiger partial charge in [0.1, 0.15) is 12.3 Å². The number of carbonyl (C=O) groups is 1. The van der Waals surface area contributed by atoms with E-state index in [1.807, 2.05) is 30.3 Å². The van der Waals surface area contributed by atoms with Crippen LogP contribution in [0.3, 0.4) is 0 Å². The Hall–Kier alpha value is -1.93. The molecule has 0 atom stereocenters. The molecule has 23 heavy (non-hydrogen) atoms. The molecule has 0 aliphatic rings. The summed E-state index contributed by atoms with van der Waals surface area (Å²) in [6, 6.07) is 9.22. The van der Waals surface area contributed by atoms with E-state index >= 15 is 0 Å². The molecule has 0 aliphatic heterocycles. The van der Waals surface area contributed by atoms with Crippen LogP contribution in [0.25, 0.3) is 0 Å². The highest BCUT2D eigenvalue weighted by molar-refractivity contribution is 7.85. The molecule has 0 aliphatic carbocycles. The highest BCUT2D eigenvalue weighted by Crippen LogP contribution is 2.15. The third-order valence-corrected chi connectivity index (χ3v) is 3.73.